The lowest BCUT2D eigenvalue weighted by molar-refractivity contribution is 0.633. The van der Waals surface area contributed by atoms with E-state index in [2.05, 4.69) is 108 Å². The third-order valence-corrected chi connectivity index (χ3v) is 7.99. The Hall–Kier alpha value is -5.28. The predicted octanol–water partition coefficient (Wildman–Crippen LogP) is 10.2. The number of aromatic nitrogens is 1. The third-order valence-electron chi connectivity index (χ3n) is 7.99. The number of rotatable bonds is 2. The molecule has 0 saturated carbocycles. The number of para-hydroxylation sites is 3. The van der Waals surface area contributed by atoms with E-state index in [4.69, 9.17) is 8.83 Å². The average Bonchev–Trinajstić information content (AvgIpc) is 3.67. The first-order valence-corrected chi connectivity index (χ1v) is 13.2. The quantitative estimate of drug-likeness (QED) is 0.237. The molecule has 0 aliphatic rings. The largest absolute Gasteiger partial charge is 0.452 e. The minimum atomic E-state index is 0.792. The SMILES string of the molecule is c1ccc(-c2ccc(-n3c4ccccc4c4c5c6ccccc6oc5c5oc6ccccc6c5c43)cc2)cc1. The Balaban J connectivity index is 1.51. The molecule has 0 radical (unpaired) electrons. The molecule has 3 nitrogen and oxygen atoms in total. The summed E-state index contributed by atoms with van der Waals surface area (Å²) < 4.78 is 15.5. The maximum Gasteiger partial charge on any atom is 0.180 e. The zero-order chi connectivity index (χ0) is 25.5. The summed E-state index contributed by atoms with van der Waals surface area (Å²) in [6.45, 7) is 0. The second-order valence-electron chi connectivity index (χ2n) is 10.1. The first-order chi connectivity index (χ1) is 19.4. The van der Waals surface area contributed by atoms with Gasteiger partial charge in [-0.15, -0.1) is 0 Å². The van der Waals surface area contributed by atoms with Crippen molar-refractivity contribution in [3.63, 3.8) is 0 Å². The van der Waals surface area contributed by atoms with E-state index in [-0.39, 0.29) is 0 Å². The summed E-state index contributed by atoms with van der Waals surface area (Å²) in [5.41, 5.74) is 9.13. The van der Waals surface area contributed by atoms with Gasteiger partial charge in [-0.1, -0.05) is 97.1 Å². The number of furan rings is 2. The molecule has 0 bridgehead atoms. The molecule has 9 aromatic rings. The summed E-state index contributed by atoms with van der Waals surface area (Å²) >= 11 is 0. The number of nitrogens with zero attached hydrogens (tertiary/aromatic N) is 1. The highest BCUT2D eigenvalue weighted by molar-refractivity contribution is 6.38. The van der Waals surface area contributed by atoms with Crippen LogP contribution in [0.2, 0.25) is 0 Å². The Labute approximate surface area is 223 Å². The third kappa shape index (κ3) is 2.76. The van der Waals surface area contributed by atoms with Gasteiger partial charge < -0.3 is 13.4 Å². The minimum Gasteiger partial charge on any atom is -0.452 e. The second-order valence-corrected chi connectivity index (χ2v) is 10.1. The Morgan fingerprint density at radius 1 is 0.410 bits per heavy atom. The molecule has 0 unspecified atom stereocenters. The highest BCUT2D eigenvalue weighted by Crippen LogP contribution is 2.48. The molecule has 0 saturated heterocycles. The number of benzene rings is 6. The Morgan fingerprint density at radius 2 is 0.949 bits per heavy atom. The molecule has 0 spiro atoms. The van der Waals surface area contributed by atoms with Crippen LogP contribution in [0, 0.1) is 0 Å². The van der Waals surface area contributed by atoms with Crippen molar-refractivity contribution < 1.29 is 8.83 Å². The van der Waals surface area contributed by atoms with Crippen molar-refractivity contribution in [2.75, 3.05) is 0 Å². The molecule has 3 heterocycles. The van der Waals surface area contributed by atoms with Crippen molar-refractivity contribution in [1.82, 2.24) is 4.57 Å². The van der Waals surface area contributed by atoms with Crippen molar-refractivity contribution in [3.05, 3.63) is 127 Å². The molecule has 39 heavy (non-hydrogen) atoms. The van der Waals surface area contributed by atoms with Crippen LogP contribution in [-0.4, -0.2) is 4.57 Å². The van der Waals surface area contributed by atoms with Gasteiger partial charge in [0.05, 0.1) is 16.4 Å². The number of hydrogen-bond acceptors (Lipinski definition) is 2. The lowest BCUT2D eigenvalue weighted by Crippen LogP contribution is -1.94. The van der Waals surface area contributed by atoms with Gasteiger partial charge >= 0.3 is 0 Å². The molecule has 0 atom stereocenters. The fraction of sp³-hybridized carbons (Fsp3) is 0. The van der Waals surface area contributed by atoms with Crippen LogP contribution in [0.4, 0.5) is 0 Å². The molecular formula is C36H21NO2. The molecule has 0 amide bonds. The number of hydrogen-bond donors (Lipinski definition) is 0. The van der Waals surface area contributed by atoms with Gasteiger partial charge in [0.1, 0.15) is 11.2 Å². The lowest BCUT2D eigenvalue weighted by Gasteiger charge is -2.10. The van der Waals surface area contributed by atoms with Crippen LogP contribution >= 0.6 is 0 Å². The molecule has 6 aromatic carbocycles. The molecule has 0 aliphatic carbocycles. The smallest absolute Gasteiger partial charge is 0.180 e. The highest BCUT2D eigenvalue weighted by Gasteiger charge is 2.26. The maximum absolute atomic E-state index is 6.56. The minimum absolute atomic E-state index is 0.792. The summed E-state index contributed by atoms with van der Waals surface area (Å²) in [6.07, 6.45) is 0. The lowest BCUT2D eigenvalue weighted by atomic mass is 10.0. The van der Waals surface area contributed by atoms with E-state index >= 15 is 0 Å². The van der Waals surface area contributed by atoms with Gasteiger partial charge in [0.15, 0.2) is 11.2 Å². The molecule has 182 valence electrons. The topological polar surface area (TPSA) is 31.2 Å². The van der Waals surface area contributed by atoms with Gasteiger partial charge in [0.2, 0.25) is 0 Å². The second kappa shape index (κ2) is 7.62. The van der Waals surface area contributed by atoms with Crippen molar-refractivity contribution in [1.29, 1.82) is 0 Å². The van der Waals surface area contributed by atoms with Crippen LogP contribution in [-0.2, 0) is 0 Å². The molecule has 0 fully saturated rings. The fourth-order valence-corrected chi connectivity index (χ4v) is 6.33. The number of fused-ring (bicyclic) bond motifs is 12. The summed E-state index contributed by atoms with van der Waals surface area (Å²) in [5.74, 6) is 0. The van der Waals surface area contributed by atoms with Gasteiger partial charge in [-0.25, -0.2) is 0 Å². The van der Waals surface area contributed by atoms with Crippen LogP contribution in [0.15, 0.2) is 136 Å². The summed E-state index contributed by atoms with van der Waals surface area (Å²) in [6, 6.07) is 44.6. The highest BCUT2D eigenvalue weighted by atomic mass is 16.4. The van der Waals surface area contributed by atoms with E-state index < -0.39 is 0 Å². The first-order valence-electron chi connectivity index (χ1n) is 13.2. The van der Waals surface area contributed by atoms with E-state index in [1.165, 1.54) is 21.9 Å². The maximum atomic E-state index is 6.56. The van der Waals surface area contributed by atoms with Crippen molar-refractivity contribution in [3.8, 4) is 16.8 Å². The van der Waals surface area contributed by atoms with Crippen LogP contribution in [0.25, 0.3) is 82.5 Å². The van der Waals surface area contributed by atoms with E-state index in [0.717, 1.165) is 60.6 Å². The molecular weight excluding hydrogens is 478 g/mol. The Bertz CT molecular complexity index is 2370. The van der Waals surface area contributed by atoms with E-state index in [0.29, 0.717) is 0 Å². The van der Waals surface area contributed by atoms with Gasteiger partial charge in [0, 0.05) is 32.6 Å². The average molecular weight is 500 g/mol. The van der Waals surface area contributed by atoms with E-state index in [1.807, 2.05) is 24.3 Å². The zero-order valence-corrected chi connectivity index (χ0v) is 20.9. The molecule has 0 N–H and O–H groups in total. The van der Waals surface area contributed by atoms with Crippen molar-refractivity contribution in [2.45, 2.75) is 0 Å². The van der Waals surface area contributed by atoms with Crippen LogP contribution in [0.3, 0.4) is 0 Å². The molecule has 3 heteroatoms. The van der Waals surface area contributed by atoms with Crippen LogP contribution in [0.1, 0.15) is 0 Å². The molecule has 0 aliphatic heterocycles. The zero-order valence-electron chi connectivity index (χ0n) is 20.9. The summed E-state index contributed by atoms with van der Waals surface area (Å²) in [5, 5.41) is 6.76. The first kappa shape index (κ1) is 20.7. The van der Waals surface area contributed by atoms with E-state index in [1.54, 1.807) is 0 Å². The summed E-state index contributed by atoms with van der Waals surface area (Å²) in [4.78, 5) is 0. The predicted molar refractivity (Wildman–Crippen MR) is 161 cm³/mol. The normalized spacial score (nSPS) is 12.1. The fourth-order valence-electron chi connectivity index (χ4n) is 6.33. The van der Waals surface area contributed by atoms with Gasteiger partial charge in [-0.2, -0.15) is 0 Å². The Morgan fingerprint density at radius 3 is 1.67 bits per heavy atom. The summed E-state index contributed by atoms with van der Waals surface area (Å²) in [7, 11) is 0. The van der Waals surface area contributed by atoms with Gasteiger partial charge in [-0.05, 0) is 41.5 Å². The van der Waals surface area contributed by atoms with Gasteiger partial charge in [0.25, 0.3) is 0 Å². The molecule has 3 aromatic heterocycles. The van der Waals surface area contributed by atoms with Crippen molar-refractivity contribution >= 4 is 65.7 Å². The Kier molecular flexibility index (Phi) is 4.05. The van der Waals surface area contributed by atoms with E-state index in [9.17, 15) is 0 Å². The standard InChI is InChI=1S/C36H21NO2/c1-2-10-22(11-3-1)23-18-20-24(21-19-23)37-28-15-7-4-12-25(28)31-32-26-13-5-8-16-29(26)38-35(32)36-33(34(31)37)27-14-6-9-17-30(27)39-36/h1-21H. The van der Waals surface area contributed by atoms with Gasteiger partial charge in [-0.3, -0.25) is 0 Å². The van der Waals surface area contributed by atoms with Crippen molar-refractivity contribution in [2.24, 2.45) is 0 Å². The van der Waals surface area contributed by atoms with Crippen LogP contribution < -0.4 is 0 Å². The monoisotopic (exact) mass is 499 g/mol. The van der Waals surface area contributed by atoms with Crippen LogP contribution in [0.5, 0.6) is 0 Å². The molecule has 9 rings (SSSR count).